The number of benzene rings is 1. The number of imidazole rings is 1. The van der Waals surface area contributed by atoms with Crippen LogP contribution in [0.1, 0.15) is 18.2 Å². The molecule has 16 heavy (non-hydrogen) atoms. The van der Waals surface area contributed by atoms with Crippen LogP contribution in [0.5, 0.6) is 0 Å². The summed E-state index contributed by atoms with van der Waals surface area (Å²) >= 11 is 6.10. The molecule has 1 aliphatic heterocycles. The summed E-state index contributed by atoms with van der Waals surface area (Å²) in [5, 5.41) is 9.70. The van der Waals surface area contributed by atoms with Crippen molar-refractivity contribution < 1.29 is 9.90 Å². The second-order valence-corrected chi connectivity index (χ2v) is 4.32. The molecule has 0 saturated heterocycles. The third-order valence-electron chi connectivity index (χ3n) is 3.00. The van der Waals surface area contributed by atoms with Crippen LogP contribution in [0, 0.1) is 0 Å². The summed E-state index contributed by atoms with van der Waals surface area (Å²) in [6, 6.07) is 5.47. The molecule has 1 N–H and O–H groups in total. The zero-order valence-corrected chi connectivity index (χ0v) is 9.11. The summed E-state index contributed by atoms with van der Waals surface area (Å²) in [7, 11) is 0. The van der Waals surface area contributed by atoms with Crippen molar-refractivity contribution in [1.82, 2.24) is 9.55 Å². The first-order valence-electron chi connectivity index (χ1n) is 5.06. The van der Waals surface area contributed by atoms with E-state index in [2.05, 4.69) is 4.98 Å². The van der Waals surface area contributed by atoms with Gasteiger partial charge in [-0.15, -0.1) is 0 Å². The van der Waals surface area contributed by atoms with E-state index in [9.17, 15) is 4.79 Å². The van der Waals surface area contributed by atoms with E-state index in [1.54, 1.807) is 6.07 Å². The predicted octanol–water partition coefficient (Wildman–Crippen LogP) is 2.26. The van der Waals surface area contributed by atoms with E-state index in [4.69, 9.17) is 16.7 Å². The fourth-order valence-electron chi connectivity index (χ4n) is 2.27. The van der Waals surface area contributed by atoms with Gasteiger partial charge < -0.3 is 9.67 Å². The number of carbonyl (C=O) groups is 1. The summed E-state index contributed by atoms with van der Waals surface area (Å²) < 4.78 is 1.91. The van der Waals surface area contributed by atoms with E-state index in [0.29, 0.717) is 23.8 Å². The van der Waals surface area contributed by atoms with Gasteiger partial charge in [-0.2, -0.15) is 0 Å². The van der Waals surface area contributed by atoms with Crippen LogP contribution in [0.2, 0.25) is 5.02 Å². The summed E-state index contributed by atoms with van der Waals surface area (Å²) in [6.45, 7) is 0.673. The highest BCUT2D eigenvalue weighted by atomic mass is 35.5. The molecule has 1 aliphatic rings. The van der Waals surface area contributed by atoms with Gasteiger partial charge in [-0.25, -0.2) is 4.98 Å². The minimum Gasteiger partial charge on any atom is -0.481 e. The first kappa shape index (κ1) is 9.66. The zero-order chi connectivity index (χ0) is 11.3. The second-order valence-electron chi connectivity index (χ2n) is 3.91. The number of fused-ring (bicyclic) bond motifs is 3. The van der Waals surface area contributed by atoms with Gasteiger partial charge in [0.15, 0.2) is 0 Å². The van der Waals surface area contributed by atoms with Crippen molar-refractivity contribution in [2.24, 2.45) is 0 Å². The Balaban J connectivity index is 2.29. The number of aliphatic carboxylic acids is 1. The SMILES string of the molecule is O=C(O)C1CCn2c1nc1cccc(Cl)c12. The Kier molecular flexibility index (Phi) is 1.94. The minimum absolute atomic E-state index is 0.497. The quantitative estimate of drug-likeness (QED) is 0.826. The van der Waals surface area contributed by atoms with Crippen LogP contribution in [-0.2, 0) is 11.3 Å². The summed E-state index contributed by atoms with van der Waals surface area (Å²) in [5.74, 6) is -0.691. The number of aryl methyl sites for hydroxylation is 1. The molecule has 0 bridgehead atoms. The Morgan fingerprint density at radius 2 is 2.38 bits per heavy atom. The lowest BCUT2D eigenvalue weighted by atomic mass is 10.1. The van der Waals surface area contributed by atoms with Crippen molar-refractivity contribution in [3.63, 3.8) is 0 Å². The van der Waals surface area contributed by atoms with Crippen LogP contribution >= 0.6 is 11.6 Å². The molecule has 0 fully saturated rings. The van der Waals surface area contributed by atoms with Gasteiger partial charge in [-0.05, 0) is 18.6 Å². The van der Waals surface area contributed by atoms with Crippen LogP contribution in [0.25, 0.3) is 11.0 Å². The number of hydrogen-bond donors (Lipinski definition) is 1. The van der Waals surface area contributed by atoms with Crippen molar-refractivity contribution in [2.75, 3.05) is 0 Å². The van der Waals surface area contributed by atoms with Crippen molar-refractivity contribution in [2.45, 2.75) is 18.9 Å². The number of para-hydroxylation sites is 1. The topological polar surface area (TPSA) is 55.1 Å². The van der Waals surface area contributed by atoms with Gasteiger partial charge in [0.1, 0.15) is 11.7 Å². The smallest absolute Gasteiger partial charge is 0.314 e. The molecule has 0 saturated carbocycles. The summed E-state index contributed by atoms with van der Waals surface area (Å²) in [4.78, 5) is 15.4. The summed E-state index contributed by atoms with van der Waals surface area (Å²) in [6.07, 6.45) is 0.596. The molecule has 0 radical (unpaired) electrons. The molecule has 5 heteroatoms. The third kappa shape index (κ3) is 1.16. The lowest BCUT2D eigenvalue weighted by molar-refractivity contribution is -0.138. The number of hydrogen-bond acceptors (Lipinski definition) is 2. The van der Waals surface area contributed by atoms with Crippen molar-refractivity contribution in [3.8, 4) is 0 Å². The molecule has 0 spiro atoms. The zero-order valence-electron chi connectivity index (χ0n) is 8.35. The van der Waals surface area contributed by atoms with Gasteiger partial charge >= 0.3 is 5.97 Å². The molecule has 1 atom stereocenters. The molecule has 2 heterocycles. The number of carboxylic acid groups (broad SMARTS) is 1. The average Bonchev–Trinajstić information content (AvgIpc) is 2.74. The Morgan fingerprint density at radius 1 is 1.56 bits per heavy atom. The third-order valence-corrected chi connectivity index (χ3v) is 3.30. The molecule has 2 aromatic rings. The molecule has 3 rings (SSSR count). The second kappa shape index (κ2) is 3.22. The average molecular weight is 237 g/mol. The Labute approximate surface area is 96.5 Å². The summed E-state index contributed by atoms with van der Waals surface area (Å²) in [5.41, 5.74) is 1.62. The molecular weight excluding hydrogens is 228 g/mol. The van der Waals surface area contributed by atoms with Gasteiger partial charge in [0.2, 0.25) is 0 Å². The first-order valence-corrected chi connectivity index (χ1v) is 5.43. The lowest BCUT2D eigenvalue weighted by Crippen LogP contribution is -2.08. The highest BCUT2D eigenvalue weighted by molar-refractivity contribution is 6.35. The maximum Gasteiger partial charge on any atom is 0.314 e. The molecule has 4 nitrogen and oxygen atoms in total. The molecule has 1 aromatic carbocycles. The molecule has 0 amide bonds. The number of halogens is 1. The minimum atomic E-state index is -0.815. The van der Waals surface area contributed by atoms with Gasteiger partial charge in [-0.3, -0.25) is 4.79 Å². The van der Waals surface area contributed by atoms with E-state index in [0.717, 1.165) is 11.0 Å². The maximum atomic E-state index is 11.0. The van der Waals surface area contributed by atoms with Crippen LogP contribution in [-0.4, -0.2) is 20.6 Å². The first-order chi connectivity index (χ1) is 7.68. The molecule has 1 aromatic heterocycles. The number of carboxylic acids is 1. The lowest BCUT2D eigenvalue weighted by Gasteiger charge is -1.99. The van der Waals surface area contributed by atoms with Crippen LogP contribution in [0.15, 0.2) is 18.2 Å². The van der Waals surface area contributed by atoms with Crippen molar-refractivity contribution >= 4 is 28.6 Å². The highest BCUT2D eigenvalue weighted by Crippen LogP contribution is 2.34. The Hall–Kier alpha value is -1.55. The largest absolute Gasteiger partial charge is 0.481 e. The molecular formula is C11H9ClN2O2. The maximum absolute atomic E-state index is 11.0. The number of nitrogens with zero attached hydrogens (tertiary/aromatic N) is 2. The van der Waals surface area contributed by atoms with Gasteiger partial charge in [-0.1, -0.05) is 17.7 Å². The van der Waals surface area contributed by atoms with Crippen molar-refractivity contribution in [1.29, 1.82) is 0 Å². The molecule has 82 valence electrons. The van der Waals surface area contributed by atoms with Crippen LogP contribution < -0.4 is 0 Å². The van der Waals surface area contributed by atoms with Crippen molar-refractivity contribution in [3.05, 3.63) is 29.0 Å². The Morgan fingerprint density at radius 3 is 3.12 bits per heavy atom. The fraction of sp³-hybridized carbons (Fsp3) is 0.273. The fourth-order valence-corrected chi connectivity index (χ4v) is 2.54. The Bertz CT molecular complexity index is 591. The van der Waals surface area contributed by atoms with E-state index >= 15 is 0 Å². The van der Waals surface area contributed by atoms with E-state index < -0.39 is 11.9 Å². The van der Waals surface area contributed by atoms with Crippen LogP contribution in [0.3, 0.4) is 0 Å². The number of rotatable bonds is 1. The monoisotopic (exact) mass is 236 g/mol. The van der Waals surface area contributed by atoms with Gasteiger partial charge in [0.25, 0.3) is 0 Å². The molecule has 0 aliphatic carbocycles. The van der Waals surface area contributed by atoms with Gasteiger partial charge in [0, 0.05) is 6.54 Å². The standard InChI is InChI=1S/C11H9ClN2O2/c12-7-2-1-3-8-9(7)14-5-4-6(11(15)16)10(14)13-8/h1-3,6H,4-5H2,(H,15,16). The van der Waals surface area contributed by atoms with E-state index in [1.807, 2.05) is 16.7 Å². The van der Waals surface area contributed by atoms with E-state index in [1.165, 1.54) is 0 Å². The molecule has 1 unspecified atom stereocenters. The highest BCUT2D eigenvalue weighted by Gasteiger charge is 2.32. The van der Waals surface area contributed by atoms with Crippen LogP contribution in [0.4, 0.5) is 0 Å². The number of aromatic nitrogens is 2. The van der Waals surface area contributed by atoms with Gasteiger partial charge in [0.05, 0.1) is 16.1 Å². The predicted molar refractivity (Wildman–Crippen MR) is 59.7 cm³/mol. The normalized spacial score (nSPS) is 18.9. The van der Waals surface area contributed by atoms with E-state index in [-0.39, 0.29) is 0 Å².